The molecule has 0 aliphatic rings. The zero-order chi connectivity index (χ0) is 22.0. The second-order valence-electron chi connectivity index (χ2n) is 9.33. The molecule has 0 atom stereocenters. The summed E-state index contributed by atoms with van der Waals surface area (Å²) in [5.74, 6) is 0.191. The number of ether oxygens (including phenoxy) is 1. The molecule has 0 radical (unpaired) electrons. The number of nitrogens with one attached hydrogen (secondary N) is 1. The first-order valence-electron chi connectivity index (χ1n) is 9.62. The Bertz CT molecular complexity index is 921. The largest absolute Gasteiger partial charge is 0.483 e. The summed E-state index contributed by atoms with van der Waals surface area (Å²) in [4.78, 5) is 23.1. The number of carbonyl (C=O) groups is 1. The minimum atomic E-state index is -0.508. The van der Waals surface area contributed by atoms with Crippen molar-refractivity contribution >= 4 is 17.3 Å². The average molecular weight is 399 g/mol. The highest BCUT2D eigenvalue weighted by Crippen LogP contribution is 2.35. The van der Waals surface area contributed by atoms with Gasteiger partial charge < -0.3 is 10.1 Å². The molecule has 6 nitrogen and oxygen atoms in total. The number of amides is 1. The van der Waals surface area contributed by atoms with Gasteiger partial charge in [0.2, 0.25) is 0 Å². The van der Waals surface area contributed by atoms with Crippen molar-refractivity contribution in [1.82, 2.24) is 0 Å². The van der Waals surface area contributed by atoms with Crippen LogP contribution in [0.25, 0.3) is 0 Å². The summed E-state index contributed by atoms with van der Waals surface area (Å²) in [6, 6.07) is 10.7. The van der Waals surface area contributed by atoms with Crippen LogP contribution < -0.4 is 10.1 Å². The number of nitrogens with zero attached hydrogens (tertiary/aromatic N) is 1. The van der Waals surface area contributed by atoms with E-state index in [0.717, 1.165) is 11.1 Å². The summed E-state index contributed by atoms with van der Waals surface area (Å²) in [5.41, 5.74) is 2.81. The molecule has 1 N–H and O–H groups in total. The molecule has 0 bridgehead atoms. The first kappa shape index (κ1) is 22.4. The summed E-state index contributed by atoms with van der Waals surface area (Å²) in [7, 11) is 0. The van der Waals surface area contributed by atoms with Crippen molar-refractivity contribution < 1.29 is 14.5 Å². The van der Waals surface area contributed by atoms with E-state index in [1.54, 1.807) is 13.0 Å². The SMILES string of the molecule is Cc1ccc(NC(=O)COc2ccc(C(C)(C)C)cc2C(C)(C)C)c([N+](=O)[O-])c1. The molecule has 0 unspecified atom stereocenters. The van der Waals surface area contributed by atoms with Gasteiger partial charge in [0, 0.05) is 6.07 Å². The molecule has 0 aliphatic carbocycles. The Morgan fingerprint density at radius 2 is 1.69 bits per heavy atom. The molecule has 156 valence electrons. The van der Waals surface area contributed by atoms with Crippen LogP contribution in [0.15, 0.2) is 36.4 Å². The van der Waals surface area contributed by atoms with Crippen LogP contribution >= 0.6 is 0 Å². The van der Waals surface area contributed by atoms with Crippen molar-refractivity contribution in [1.29, 1.82) is 0 Å². The van der Waals surface area contributed by atoms with E-state index in [2.05, 4.69) is 52.9 Å². The number of hydrogen-bond donors (Lipinski definition) is 1. The monoisotopic (exact) mass is 398 g/mol. The minimum absolute atomic E-state index is 0.000278. The van der Waals surface area contributed by atoms with Gasteiger partial charge in [0.05, 0.1) is 4.92 Å². The number of benzene rings is 2. The number of nitro benzene ring substituents is 1. The Hall–Kier alpha value is -2.89. The molecule has 0 aliphatic heterocycles. The highest BCUT2D eigenvalue weighted by molar-refractivity contribution is 5.94. The van der Waals surface area contributed by atoms with Crippen molar-refractivity contribution in [3.8, 4) is 5.75 Å². The first-order valence-corrected chi connectivity index (χ1v) is 9.62. The van der Waals surface area contributed by atoms with Gasteiger partial charge in [-0.2, -0.15) is 0 Å². The second kappa shape index (κ2) is 8.23. The molecule has 2 rings (SSSR count). The van der Waals surface area contributed by atoms with E-state index in [9.17, 15) is 14.9 Å². The molecular formula is C23H30N2O4. The van der Waals surface area contributed by atoms with E-state index in [1.165, 1.54) is 17.7 Å². The molecule has 1 amide bonds. The lowest BCUT2D eigenvalue weighted by Gasteiger charge is -2.27. The molecular weight excluding hydrogens is 368 g/mol. The predicted octanol–water partition coefficient (Wildman–Crippen LogP) is 5.52. The summed E-state index contributed by atoms with van der Waals surface area (Å²) in [5, 5.41) is 13.8. The van der Waals surface area contributed by atoms with Crippen molar-refractivity contribution in [2.75, 3.05) is 11.9 Å². The highest BCUT2D eigenvalue weighted by atomic mass is 16.6. The van der Waals surface area contributed by atoms with Crippen LogP contribution in [0.2, 0.25) is 0 Å². The number of hydrogen-bond acceptors (Lipinski definition) is 4. The van der Waals surface area contributed by atoms with Gasteiger partial charge in [-0.15, -0.1) is 0 Å². The molecule has 0 fully saturated rings. The molecule has 0 spiro atoms. The molecule has 6 heteroatoms. The van der Waals surface area contributed by atoms with Gasteiger partial charge in [0.25, 0.3) is 11.6 Å². The Labute approximate surface area is 172 Å². The number of nitro groups is 1. The fourth-order valence-electron chi connectivity index (χ4n) is 2.94. The predicted molar refractivity (Wildman–Crippen MR) is 116 cm³/mol. The van der Waals surface area contributed by atoms with Crippen LogP contribution in [0, 0.1) is 17.0 Å². The third kappa shape index (κ3) is 5.79. The lowest BCUT2D eigenvalue weighted by atomic mass is 9.80. The van der Waals surface area contributed by atoms with Gasteiger partial charge in [-0.3, -0.25) is 14.9 Å². The topological polar surface area (TPSA) is 81.5 Å². The molecule has 29 heavy (non-hydrogen) atoms. The number of anilines is 1. The van der Waals surface area contributed by atoms with Gasteiger partial charge in [0.15, 0.2) is 6.61 Å². The van der Waals surface area contributed by atoms with Crippen molar-refractivity contribution in [2.24, 2.45) is 0 Å². The van der Waals surface area contributed by atoms with Gasteiger partial charge in [-0.1, -0.05) is 59.7 Å². The van der Waals surface area contributed by atoms with Crippen molar-refractivity contribution in [3.05, 3.63) is 63.2 Å². The Balaban J connectivity index is 2.20. The number of carbonyl (C=O) groups excluding carboxylic acids is 1. The van der Waals surface area contributed by atoms with Crippen LogP contribution in [-0.4, -0.2) is 17.4 Å². The highest BCUT2D eigenvalue weighted by Gasteiger charge is 2.24. The first-order chi connectivity index (χ1) is 13.3. The van der Waals surface area contributed by atoms with E-state index in [1.807, 2.05) is 12.1 Å². The molecule has 2 aromatic rings. The van der Waals surface area contributed by atoms with E-state index in [0.29, 0.717) is 5.75 Å². The average Bonchev–Trinajstić information content (AvgIpc) is 2.59. The van der Waals surface area contributed by atoms with E-state index in [4.69, 9.17) is 4.74 Å². The zero-order valence-electron chi connectivity index (χ0n) is 18.3. The summed E-state index contributed by atoms with van der Waals surface area (Å²) in [6.45, 7) is 14.3. The minimum Gasteiger partial charge on any atom is -0.483 e. The maximum Gasteiger partial charge on any atom is 0.293 e. The van der Waals surface area contributed by atoms with Crippen molar-refractivity contribution in [3.63, 3.8) is 0 Å². The van der Waals surface area contributed by atoms with Crippen LogP contribution in [0.1, 0.15) is 58.2 Å². The standard InChI is InChI=1S/C23H30N2O4/c1-15-8-10-18(19(12-15)25(27)28)24-21(26)14-29-20-11-9-16(22(2,3)4)13-17(20)23(5,6)7/h8-13H,14H2,1-7H3,(H,24,26). The van der Waals surface area contributed by atoms with Crippen LogP contribution in [-0.2, 0) is 15.6 Å². The fraction of sp³-hybridized carbons (Fsp3) is 0.435. The molecule has 2 aromatic carbocycles. The summed E-state index contributed by atoms with van der Waals surface area (Å²) < 4.78 is 5.81. The maximum atomic E-state index is 12.4. The third-order valence-corrected chi connectivity index (χ3v) is 4.64. The quantitative estimate of drug-likeness (QED) is 0.531. The molecule has 0 aromatic heterocycles. The van der Waals surface area contributed by atoms with Crippen molar-refractivity contribution in [2.45, 2.75) is 59.3 Å². The van der Waals surface area contributed by atoms with E-state index in [-0.39, 0.29) is 28.8 Å². The Morgan fingerprint density at radius 1 is 1.03 bits per heavy atom. The zero-order valence-corrected chi connectivity index (χ0v) is 18.3. The van der Waals surface area contributed by atoms with E-state index < -0.39 is 10.8 Å². The summed E-state index contributed by atoms with van der Waals surface area (Å²) in [6.07, 6.45) is 0. The lowest BCUT2D eigenvalue weighted by molar-refractivity contribution is -0.384. The Kier molecular flexibility index (Phi) is 6.36. The van der Waals surface area contributed by atoms with Gasteiger partial charge in [-0.25, -0.2) is 0 Å². The second-order valence-corrected chi connectivity index (χ2v) is 9.33. The smallest absolute Gasteiger partial charge is 0.293 e. The molecule has 0 heterocycles. The van der Waals surface area contributed by atoms with Crippen LogP contribution in [0.5, 0.6) is 5.75 Å². The maximum absolute atomic E-state index is 12.4. The Morgan fingerprint density at radius 3 is 2.24 bits per heavy atom. The van der Waals surface area contributed by atoms with Gasteiger partial charge in [0.1, 0.15) is 11.4 Å². The third-order valence-electron chi connectivity index (χ3n) is 4.64. The van der Waals surface area contributed by atoms with Crippen LogP contribution in [0.3, 0.4) is 0 Å². The fourth-order valence-corrected chi connectivity index (χ4v) is 2.94. The molecule has 0 saturated heterocycles. The van der Waals surface area contributed by atoms with E-state index >= 15 is 0 Å². The summed E-state index contributed by atoms with van der Waals surface area (Å²) >= 11 is 0. The normalized spacial score (nSPS) is 11.8. The number of aryl methyl sites for hydroxylation is 1. The van der Waals surface area contributed by atoms with Gasteiger partial charge >= 0.3 is 0 Å². The molecule has 0 saturated carbocycles. The van der Waals surface area contributed by atoms with Gasteiger partial charge in [-0.05, 0) is 46.6 Å². The number of rotatable bonds is 5. The van der Waals surface area contributed by atoms with Crippen LogP contribution in [0.4, 0.5) is 11.4 Å². The lowest BCUT2D eigenvalue weighted by Crippen LogP contribution is -2.23.